The van der Waals surface area contributed by atoms with Gasteiger partial charge in [0.1, 0.15) is 5.75 Å². The summed E-state index contributed by atoms with van der Waals surface area (Å²) in [5, 5.41) is 3.44. The van der Waals surface area contributed by atoms with Gasteiger partial charge in [0.2, 0.25) is 0 Å². The highest BCUT2D eigenvalue weighted by molar-refractivity contribution is 5.27. The second kappa shape index (κ2) is 9.82. The van der Waals surface area contributed by atoms with Gasteiger partial charge in [0.05, 0.1) is 6.10 Å². The van der Waals surface area contributed by atoms with Crippen LogP contribution in [0.4, 0.5) is 0 Å². The van der Waals surface area contributed by atoms with Gasteiger partial charge in [-0.15, -0.1) is 0 Å². The molecule has 0 aliphatic heterocycles. The minimum absolute atomic E-state index is 0.283. The van der Waals surface area contributed by atoms with Crippen molar-refractivity contribution in [2.75, 3.05) is 6.54 Å². The number of aryl methyl sites for hydroxylation is 1. The van der Waals surface area contributed by atoms with Crippen LogP contribution < -0.4 is 10.1 Å². The quantitative estimate of drug-likeness (QED) is 0.632. The van der Waals surface area contributed by atoms with Crippen molar-refractivity contribution < 1.29 is 4.74 Å². The predicted molar refractivity (Wildman–Crippen MR) is 87.5 cm³/mol. The molecule has 0 saturated carbocycles. The largest absolute Gasteiger partial charge is 0.491 e. The van der Waals surface area contributed by atoms with Gasteiger partial charge < -0.3 is 10.1 Å². The van der Waals surface area contributed by atoms with Crippen LogP contribution in [0.15, 0.2) is 24.3 Å². The summed E-state index contributed by atoms with van der Waals surface area (Å²) in [7, 11) is 0. The van der Waals surface area contributed by atoms with E-state index in [1.807, 2.05) is 0 Å². The molecule has 2 nitrogen and oxygen atoms in total. The first-order valence-electron chi connectivity index (χ1n) is 8.10. The van der Waals surface area contributed by atoms with Gasteiger partial charge in [0.15, 0.2) is 0 Å². The van der Waals surface area contributed by atoms with E-state index < -0.39 is 0 Å². The van der Waals surface area contributed by atoms with E-state index in [0.29, 0.717) is 6.04 Å². The average molecular weight is 277 g/mol. The Kier molecular flexibility index (Phi) is 8.36. The lowest BCUT2D eigenvalue weighted by atomic mass is 10.1. The van der Waals surface area contributed by atoms with Crippen molar-refractivity contribution in [3.63, 3.8) is 0 Å². The highest BCUT2D eigenvalue weighted by Gasteiger charge is 2.04. The van der Waals surface area contributed by atoms with Crippen LogP contribution >= 0.6 is 0 Å². The van der Waals surface area contributed by atoms with E-state index in [1.54, 1.807) is 0 Å². The van der Waals surface area contributed by atoms with E-state index in [4.69, 9.17) is 4.74 Å². The molecule has 0 radical (unpaired) electrons. The lowest BCUT2D eigenvalue weighted by molar-refractivity contribution is 0.207. The number of benzene rings is 1. The average Bonchev–Trinajstić information content (AvgIpc) is 2.43. The third-order valence-electron chi connectivity index (χ3n) is 3.42. The molecule has 1 N–H and O–H groups in total. The van der Waals surface area contributed by atoms with Gasteiger partial charge in [-0.3, -0.25) is 0 Å². The van der Waals surface area contributed by atoms with Crippen molar-refractivity contribution in [2.24, 2.45) is 0 Å². The summed E-state index contributed by atoms with van der Waals surface area (Å²) in [6, 6.07) is 9.17. The van der Waals surface area contributed by atoms with Crippen molar-refractivity contribution in [2.45, 2.75) is 71.9 Å². The molecular formula is C18H31NO. The Morgan fingerprint density at radius 2 is 1.75 bits per heavy atom. The second-order valence-corrected chi connectivity index (χ2v) is 5.93. The fraction of sp³-hybridized carbons (Fsp3) is 0.667. The first kappa shape index (κ1) is 17.0. The predicted octanol–water partition coefficient (Wildman–Crippen LogP) is 4.57. The molecule has 20 heavy (non-hydrogen) atoms. The van der Waals surface area contributed by atoms with Crippen LogP contribution in [0.25, 0.3) is 0 Å². The molecule has 2 heteroatoms. The maximum Gasteiger partial charge on any atom is 0.119 e. The Morgan fingerprint density at radius 1 is 1.05 bits per heavy atom. The number of nitrogens with one attached hydrogen (secondary N) is 1. The maximum absolute atomic E-state index is 5.95. The number of unbranched alkanes of at least 4 members (excludes halogenated alkanes) is 1. The summed E-state index contributed by atoms with van der Waals surface area (Å²) in [6.07, 6.45) is 6.22. The summed E-state index contributed by atoms with van der Waals surface area (Å²) in [5.74, 6) is 0.995. The number of rotatable bonds is 10. The van der Waals surface area contributed by atoms with Gasteiger partial charge in [-0.05, 0) is 56.8 Å². The van der Waals surface area contributed by atoms with E-state index in [9.17, 15) is 0 Å². The molecule has 0 saturated heterocycles. The standard InChI is InChI=1S/C18H31NO/c1-5-6-9-17-10-12-18(13-11-17)20-16(4)8-7-14-19-15(2)3/h10-13,15-16,19H,5-9,14H2,1-4H3. The minimum Gasteiger partial charge on any atom is -0.491 e. The molecule has 1 unspecified atom stereocenters. The molecule has 0 bridgehead atoms. The monoisotopic (exact) mass is 277 g/mol. The van der Waals surface area contributed by atoms with E-state index in [1.165, 1.54) is 24.8 Å². The topological polar surface area (TPSA) is 21.3 Å². The Bertz CT molecular complexity index is 345. The zero-order valence-electron chi connectivity index (χ0n) is 13.6. The molecular weight excluding hydrogens is 246 g/mol. The van der Waals surface area contributed by atoms with Gasteiger partial charge in [-0.1, -0.05) is 39.3 Å². The van der Waals surface area contributed by atoms with Crippen molar-refractivity contribution >= 4 is 0 Å². The normalized spacial score (nSPS) is 12.7. The van der Waals surface area contributed by atoms with Gasteiger partial charge in [0.25, 0.3) is 0 Å². The molecule has 0 fully saturated rings. The Balaban J connectivity index is 2.25. The van der Waals surface area contributed by atoms with E-state index in [0.717, 1.165) is 25.1 Å². The Labute approximate surface area is 124 Å². The molecule has 0 aliphatic carbocycles. The molecule has 1 rings (SSSR count). The molecule has 114 valence electrons. The number of ether oxygens (including phenoxy) is 1. The highest BCUT2D eigenvalue weighted by Crippen LogP contribution is 2.16. The Morgan fingerprint density at radius 3 is 2.35 bits per heavy atom. The summed E-state index contributed by atoms with van der Waals surface area (Å²) >= 11 is 0. The van der Waals surface area contributed by atoms with Crippen LogP contribution in [0, 0.1) is 0 Å². The molecule has 0 aliphatic rings. The van der Waals surface area contributed by atoms with Crippen LogP contribution in [-0.4, -0.2) is 18.7 Å². The third kappa shape index (κ3) is 7.54. The lowest BCUT2D eigenvalue weighted by Gasteiger charge is -2.15. The van der Waals surface area contributed by atoms with Crippen molar-refractivity contribution in [1.29, 1.82) is 0 Å². The van der Waals surface area contributed by atoms with Crippen molar-refractivity contribution in [3.8, 4) is 5.75 Å². The van der Waals surface area contributed by atoms with Gasteiger partial charge >= 0.3 is 0 Å². The molecule has 1 aromatic rings. The number of hydrogen-bond acceptors (Lipinski definition) is 2. The lowest BCUT2D eigenvalue weighted by Crippen LogP contribution is -2.25. The maximum atomic E-state index is 5.95. The fourth-order valence-electron chi connectivity index (χ4n) is 2.19. The molecule has 0 amide bonds. The smallest absolute Gasteiger partial charge is 0.119 e. The van der Waals surface area contributed by atoms with E-state index >= 15 is 0 Å². The minimum atomic E-state index is 0.283. The van der Waals surface area contributed by atoms with E-state index in [-0.39, 0.29) is 6.10 Å². The van der Waals surface area contributed by atoms with Crippen molar-refractivity contribution in [3.05, 3.63) is 29.8 Å². The van der Waals surface area contributed by atoms with Crippen molar-refractivity contribution in [1.82, 2.24) is 5.32 Å². The summed E-state index contributed by atoms with van der Waals surface area (Å²) in [6.45, 7) is 9.81. The van der Waals surface area contributed by atoms with Crippen LogP contribution in [0.2, 0.25) is 0 Å². The fourth-order valence-corrected chi connectivity index (χ4v) is 2.19. The van der Waals surface area contributed by atoms with Crippen LogP contribution in [0.1, 0.15) is 58.9 Å². The summed E-state index contributed by atoms with van der Waals surface area (Å²) in [5.41, 5.74) is 1.41. The molecule has 1 aromatic carbocycles. The van der Waals surface area contributed by atoms with Crippen LogP contribution in [-0.2, 0) is 6.42 Å². The molecule has 0 heterocycles. The third-order valence-corrected chi connectivity index (χ3v) is 3.42. The van der Waals surface area contributed by atoms with Crippen LogP contribution in [0.5, 0.6) is 5.75 Å². The highest BCUT2D eigenvalue weighted by atomic mass is 16.5. The summed E-state index contributed by atoms with van der Waals surface area (Å²) in [4.78, 5) is 0. The van der Waals surface area contributed by atoms with E-state index in [2.05, 4.69) is 57.3 Å². The SMILES string of the molecule is CCCCc1ccc(OC(C)CCCNC(C)C)cc1. The molecule has 1 atom stereocenters. The van der Waals surface area contributed by atoms with Gasteiger partial charge in [-0.2, -0.15) is 0 Å². The second-order valence-electron chi connectivity index (χ2n) is 5.93. The first-order valence-corrected chi connectivity index (χ1v) is 8.10. The number of hydrogen-bond donors (Lipinski definition) is 1. The Hall–Kier alpha value is -1.02. The van der Waals surface area contributed by atoms with Gasteiger partial charge in [-0.25, -0.2) is 0 Å². The zero-order valence-corrected chi connectivity index (χ0v) is 13.6. The van der Waals surface area contributed by atoms with Crippen LogP contribution in [0.3, 0.4) is 0 Å². The zero-order chi connectivity index (χ0) is 14.8. The molecule has 0 aromatic heterocycles. The summed E-state index contributed by atoms with van der Waals surface area (Å²) < 4.78 is 5.95. The van der Waals surface area contributed by atoms with Gasteiger partial charge in [0, 0.05) is 6.04 Å². The first-order chi connectivity index (χ1) is 9.61. The molecule has 0 spiro atoms.